The van der Waals surface area contributed by atoms with Crippen molar-refractivity contribution in [1.29, 1.82) is 0 Å². The molecule has 0 saturated heterocycles. The van der Waals surface area contributed by atoms with Crippen LogP contribution in [-0.2, 0) is 17.9 Å². The van der Waals surface area contributed by atoms with Crippen LogP contribution in [0.4, 0.5) is 0 Å². The van der Waals surface area contributed by atoms with Crippen molar-refractivity contribution in [1.82, 2.24) is 9.55 Å². The van der Waals surface area contributed by atoms with Crippen molar-refractivity contribution >= 4 is 16.9 Å². The molecule has 7 heteroatoms. The Balaban J connectivity index is 1.72. The first kappa shape index (κ1) is 23.0. The van der Waals surface area contributed by atoms with E-state index in [0.29, 0.717) is 41.4 Å². The van der Waals surface area contributed by atoms with E-state index in [1.165, 1.54) is 0 Å². The summed E-state index contributed by atoms with van der Waals surface area (Å²) in [5, 5.41) is 0.540. The van der Waals surface area contributed by atoms with E-state index < -0.39 is 5.97 Å². The largest absolute Gasteiger partial charge is 0.490 e. The lowest BCUT2D eigenvalue weighted by Gasteiger charge is -2.17. The fraction of sp³-hybridized carbons (Fsp3) is 0.222. The molecule has 1 heterocycles. The van der Waals surface area contributed by atoms with Crippen LogP contribution in [0, 0.1) is 0 Å². The highest BCUT2D eigenvalue weighted by Gasteiger charge is 2.18. The minimum atomic E-state index is -0.401. The number of para-hydroxylation sites is 2. The number of rotatable bonds is 9. The number of esters is 1. The Morgan fingerprint density at radius 2 is 1.59 bits per heavy atom. The second-order valence-electron chi connectivity index (χ2n) is 7.55. The van der Waals surface area contributed by atoms with E-state index in [2.05, 4.69) is 0 Å². The molecule has 4 aromatic rings. The highest BCUT2D eigenvalue weighted by atomic mass is 16.6. The molecule has 174 valence electrons. The summed E-state index contributed by atoms with van der Waals surface area (Å²) < 4.78 is 18.8. The van der Waals surface area contributed by atoms with Crippen molar-refractivity contribution in [3.05, 3.63) is 94.5 Å². The second-order valence-corrected chi connectivity index (χ2v) is 7.55. The minimum absolute atomic E-state index is 0.000832. The summed E-state index contributed by atoms with van der Waals surface area (Å²) in [5.41, 5.74) is 1.42. The van der Waals surface area contributed by atoms with Gasteiger partial charge in [-0.3, -0.25) is 14.2 Å². The predicted octanol–water partition coefficient (Wildman–Crippen LogP) is 4.74. The average molecular weight is 459 g/mol. The molecule has 34 heavy (non-hydrogen) atoms. The molecule has 0 N–H and O–H groups in total. The number of nitrogens with zero attached hydrogens (tertiary/aromatic N) is 2. The van der Waals surface area contributed by atoms with Gasteiger partial charge in [0.2, 0.25) is 5.75 Å². The molecule has 0 bridgehead atoms. The number of hydrogen-bond acceptors (Lipinski definition) is 6. The molecule has 0 aliphatic rings. The topological polar surface area (TPSA) is 79.7 Å². The molecule has 0 atom stereocenters. The van der Waals surface area contributed by atoms with Crippen molar-refractivity contribution in [3.8, 4) is 17.2 Å². The summed E-state index contributed by atoms with van der Waals surface area (Å²) in [6, 6.07) is 22.1. The fourth-order valence-corrected chi connectivity index (χ4v) is 3.56. The quantitative estimate of drug-likeness (QED) is 0.266. The van der Waals surface area contributed by atoms with Gasteiger partial charge in [-0.05, 0) is 36.8 Å². The second kappa shape index (κ2) is 10.7. The third-order valence-electron chi connectivity index (χ3n) is 5.23. The van der Waals surface area contributed by atoms with Crippen molar-refractivity contribution in [3.63, 3.8) is 0 Å². The first-order valence-electron chi connectivity index (χ1n) is 11.2. The molecule has 3 aromatic carbocycles. The van der Waals surface area contributed by atoms with Crippen molar-refractivity contribution in [2.24, 2.45) is 0 Å². The van der Waals surface area contributed by atoms with Gasteiger partial charge in [-0.25, -0.2) is 4.98 Å². The lowest BCUT2D eigenvalue weighted by molar-refractivity contribution is -0.134. The van der Waals surface area contributed by atoms with Crippen LogP contribution in [0.3, 0.4) is 0 Å². The van der Waals surface area contributed by atoms with E-state index >= 15 is 0 Å². The summed E-state index contributed by atoms with van der Waals surface area (Å²) in [6.07, 6.45) is 0.211. The summed E-state index contributed by atoms with van der Waals surface area (Å²) in [6.45, 7) is 4.32. The average Bonchev–Trinajstić information content (AvgIpc) is 2.87. The molecule has 0 amide bonds. The lowest BCUT2D eigenvalue weighted by Crippen LogP contribution is -2.27. The van der Waals surface area contributed by atoms with Crippen LogP contribution in [-0.4, -0.2) is 22.1 Å². The molecule has 0 spiro atoms. The van der Waals surface area contributed by atoms with Crippen LogP contribution in [0.25, 0.3) is 10.9 Å². The van der Waals surface area contributed by atoms with Gasteiger partial charge in [-0.2, -0.15) is 0 Å². The third kappa shape index (κ3) is 5.09. The van der Waals surface area contributed by atoms with Gasteiger partial charge in [0.1, 0.15) is 6.61 Å². The summed E-state index contributed by atoms with van der Waals surface area (Å²) in [5.74, 6) is 1.02. The minimum Gasteiger partial charge on any atom is -0.490 e. The molecule has 0 aliphatic carbocycles. The van der Waals surface area contributed by atoms with E-state index in [1.54, 1.807) is 41.8 Å². The Bertz CT molecular complexity index is 1350. The molecule has 0 fully saturated rings. The molecule has 0 saturated carbocycles. The third-order valence-corrected chi connectivity index (χ3v) is 5.23. The molecule has 0 unspecified atom stereocenters. The normalized spacial score (nSPS) is 10.8. The van der Waals surface area contributed by atoms with Crippen LogP contribution in [0.5, 0.6) is 17.2 Å². The number of carbonyl (C=O) groups excluding carboxylic acids is 1. The van der Waals surface area contributed by atoms with Crippen molar-refractivity contribution < 1.29 is 19.0 Å². The monoisotopic (exact) mass is 458 g/mol. The van der Waals surface area contributed by atoms with Gasteiger partial charge >= 0.3 is 5.97 Å². The Hall–Kier alpha value is -4.13. The first-order valence-corrected chi connectivity index (χ1v) is 11.2. The van der Waals surface area contributed by atoms with E-state index in [9.17, 15) is 9.59 Å². The number of aromatic nitrogens is 2. The van der Waals surface area contributed by atoms with Crippen molar-refractivity contribution in [2.45, 2.75) is 33.4 Å². The zero-order valence-corrected chi connectivity index (χ0v) is 19.2. The van der Waals surface area contributed by atoms with Crippen molar-refractivity contribution in [2.75, 3.05) is 6.61 Å². The predicted molar refractivity (Wildman–Crippen MR) is 129 cm³/mol. The Kier molecular flexibility index (Phi) is 7.22. The van der Waals surface area contributed by atoms with Crippen LogP contribution in [0.15, 0.2) is 77.6 Å². The van der Waals surface area contributed by atoms with E-state index in [-0.39, 0.29) is 24.3 Å². The van der Waals surface area contributed by atoms with Gasteiger partial charge < -0.3 is 14.2 Å². The van der Waals surface area contributed by atoms with Gasteiger partial charge in [0.25, 0.3) is 5.56 Å². The zero-order chi connectivity index (χ0) is 23.9. The first-order chi connectivity index (χ1) is 16.6. The zero-order valence-electron chi connectivity index (χ0n) is 19.2. The maximum atomic E-state index is 13.3. The number of fused-ring (bicyclic) bond motifs is 1. The standard InChI is InChI=1S/C27H26N2O5/c1-3-25(30)34-26-22(32-4-2)15-10-16-23(26)33-18-24-28-21-14-9-8-13-20(21)27(31)29(24)17-19-11-6-5-7-12-19/h5-16H,3-4,17-18H2,1-2H3. The highest BCUT2D eigenvalue weighted by Crippen LogP contribution is 2.38. The fourth-order valence-electron chi connectivity index (χ4n) is 3.56. The maximum absolute atomic E-state index is 13.3. The van der Waals surface area contributed by atoms with Gasteiger partial charge in [-0.1, -0.05) is 55.5 Å². The highest BCUT2D eigenvalue weighted by molar-refractivity contribution is 5.77. The lowest BCUT2D eigenvalue weighted by atomic mass is 10.2. The molecule has 4 rings (SSSR count). The van der Waals surface area contributed by atoms with Crippen LogP contribution in [0.2, 0.25) is 0 Å². The molecule has 7 nitrogen and oxygen atoms in total. The number of ether oxygens (including phenoxy) is 3. The Morgan fingerprint density at radius 3 is 2.32 bits per heavy atom. The Labute approximate surface area is 197 Å². The van der Waals surface area contributed by atoms with Crippen LogP contribution < -0.4 is 19.8 Å². The van der Waals surface area contributed by atoms with E-state index in [4.69, 9.17) is 19.2 Å². The SMILES string of the molecule is CCOc1cccc(OCc2nc3ccccc3c(=O)n2Cc2ccccc2)c1OC(=O)CC. The number of benzene rings is 3. The molecular weight excluding hydrogens is 432 g/mol. The maximum Gasteiger partial charge on any atom is 0.311 e. The van der Waals surface area contributed by atoms with Gasteiger partial charge in [0, 0.05) is 6.42 Å². The van der Waals surface area contributed by atoms with E-state index in [0.717, 1.165) is 5.56 Å². The van der Waals surface area contributed by atoms with Gasteiger partial charge in [-0.15, -0.1) is 0 Å². The van der Waals surface area contributed by atoms with Crippen LogP contribution in [0.1, 0.15) is 31.7 Å². The number of carbonyl (C=O) groups is 1. The molecule has 0 radical (unpaired) electrons. The summed E-state index contributed by atoms with van der Waals surface area (Å²) in [7, 11) is 0. The van der Waals surface area contributed by atoms with E-state index in [1.807, 2.05) is 49.4 Å². The smallest absolute Gasteiger partial charge is 0.311 e. The van der Waals surface area contributed by atoms with Gasteiger partial charge in [0.15, 0.2) is 17.3 Å². The number of hydrogen-bond donors (Lipinski definition) is 0. The van der Waals surface area contributed by atoms with Gasteiger partial charge in [0.05, 0.1) is 24.1 Å². The van der Waals surface area contributed by atoms with Crippen LogP contribution >= 0.6 is 0 Å². The summed E-state index contributed by atoms with van der Waals surface area (Å²) in [4.78, 5) is 30.1. The molecule has 0 aliphatic heterocycles. The molecular formula is C27H26N2O5. The molecule has 1 aromatic heterocycles. The summed E-state index contributed by atoms with van der Waals surface area (Å²) >= 11 is 0. The Morgan fingerprint density at radius 1 is 0.882 bits per heavy atom.